The second kappa shape index (κ2) is 6.21. The molecule has 16 heavy (non-hydrogen) atoms. The smallest absolute Gasteiger partial charge is 0.218 e. The van der Waals surface area contributed by atoms with Crippen LogP contribution in [0.25, 0.3) is 0 Å². The van der Waals surface area contributed by atoms with Crippen LogP contribution in [0.4, 0.5) is 0 Å². The fraction of sp³-hybridized carbons (Fsp3) is 0.917. The van der Waals surface area contributed by atoms with Crippen molar-refractivity contribution in [2.45, 2.75) is 63.5 Å². The largest absolute Gasteiger partial charge is 0.389 e. The molecule has 0 heterocycles. The first-order chi connectivity index (χ1) is 7.52. The Hall–Kier alpha value is -0.610. The van der Waals surface area contributed by atoms with Crippen molar-refractivity contribution in [2.24, 2.45) is 5.73 Å². The number of carbonyl (C=O) groups excluding carboxylic acids is 1. The molecular weight excluding hydrogens is 204 g/mol. The third-order valence-corrected chi connectivity index (χ3v) is 3.32. The van der Waals surface area contributed by atoms with Crippen LogP contribution in [0, 0.1) is 0 Å². The van der Waals surface area contributed by atoms with Crippen LogP contribution in [0.15, 0.2) is 0 Å². The summed E-state index contributed by atoms with van der Waals surface area (Å²) in [5.74, 6) is -0.298. The third-order valence-electron chi connectivity index (χ3n) is 3.32. The van der Waals surface area contributed by atoms with Gasteiger partial charge in [0, 0.05) is 19.0 Å². The molecule has 4 nitrogen and oxygen atoms in total. The molecule has 0 saturated heterocycles. The van der Waals surface area contributed by atoms with Crippen molar-refractivity contribution in [1.82, 2.24) is 5.32 Å². The number of hydrogen-bond donors (Lipinski definition) is 3. The maximum Gasteiger partial charge on any atom is 0.218 e. The molecule has 1 atom stereocenters. The summed E-state index contributed by atoms with van der Waals surface area (Å²) in [5, 5.41) is 13.6. The Morgan fingerprint density at radius 2 is 1.94 bits per heavy atom. The van der Waals surface area contributed by atoms with Gasteiger partial charge in [0.05, 0.1) is 5.60 Å². The summed E-state index contributed by atoms with van der Waals surface area (Å²) in [6.07, 6.45) is 6.70. The first-order valence-electron chi connectivity index (χ1n) is 6.26. The minimum Gasteiger partial charge on any atom is -0.389 e. The van der Waals surface area contributed by atoms with Gasteiger partial charge in [-0.3, -0.25) is 4.79 Å². The molecule has 0 spiro atoms. The Balaban J connectivity index is 2.31. The molecule has 0 aromatic carbocycles. The van der Waals surface area contributed by atoms with Gasteiger partial charge in [-0.1, -0.05) is 25.7 Å². The van der Waals surface area contributed by atoms with E-state index in [0.29, 0.717) is 13.0 Å². The molecule has 0 bridgehead atoms. The van der Waals surface area contributed by atoms with E-state index in [1.165, 1.54) is 12.8 Å². The molecular formula is C12H24N2O2. The van der Waals surface area contributed by atoms with Crippen molar-refractivity contribution in [3.05, 3.63) is 0 Å². The SMILES string of the molecule is CC(CC(N)=O)NCC1(O)CCCCCC1. The summed E-state index contributed by atoms with van der Waals surface area (Å²) >= 11 is 0. The molecule has 4 heteroatoms. The molecule has 0 aromatic heterocycles. The lowest BCUT2D eigenvalue weighted by atomic mass is 9.94. The zero-order chi connectivity index (χ0) is 12.0. The average Bonchev–Trinajstić information content (AvgIpc) is 2.40. The topological polar surface area (TPSA) is 75.4 Å². The van der Waals surface area contributed by atoms with E-state index < -0.39 is 5.60 Å². The number of nitrogens with one attached hydrogen (secondary N) is 1. The van der Waals surface area contributed by atoms with Gasteiger partial charge < -0.3 is 16.2 Å². The van der Waals surface area contributed by atoms with Gasteiger partial charge >= 0.3 is 0 Å². The van der Waals surface area contributed by atoms with E-state index in [-0.39, 0.29) is 11.9 Å². The number of rotatable bonds is 5. The first kappa shape index (κ1) is 13.5. The van der Waals surface area contributed by atoms with Gasteiger partial charge in [0.25, 0.3) is 0 Å². The van der Waals surface area contributed by atoms with Gasteiger partial charge in [-0.25, -0.2) is 0 Å². The van der Waals surface area contributed by atoms with Crippen LogP contribution in [0.3, 0.4) is 0 Å². The van der Waals surface area contributed by atoms with E-state index in [9.17, 15) is 9.90 Å². The summed E-state index contributed by atoms with van der Waals surface area (Å²) in [7, 11) is 0. The van der Waals surface area contributed by atoms with Gasteiger partial charge in [-0.15, -0.1) is 0 Å². The van der Waals surface area contributed by atoms with Crippen molar-refractivity contribution < 1.29 is 9.90 Å². The summed E-state index contributed by atoms with van der Waals surface area (Å²) in [4.78, 5) is 10.7. The van der Waals surface area contributed by atoms with Gasteiger partial charge in [0.1, 0.15) is 0 Å². The second-order valence-electron chi connectivity index (χ2n) is 5.09. The number of carbonyl (C=O) groups is 1. The highest BCUT2D eigenvalue weighted by molar-refractivity contribution is 5.74. The number of primary amides is 1. The highest BCUT2D eigenvalue weighted by Gasteiger charge is 2.28. The molecule has 1 aliphatic carbocycles. The zero-order valence-electron chi connectivity index (χ0n) is 10.2. The van der Waals surface area contributed by atoms with Crippen molar-refractivity contribution in [1.29, 1.82) is 0 Å². The highest BCUT2D eigenvalue weighted by Crippen LogP contribution is 2.26. The van der Waals surface area contributed by atoms with Crippen molar-refractivity contribution >= 4 is 5.91 Å². The van der Waals surface area contributed by atoms with Gasteiger partial charge in [0.2, 0.25) is 5.91 Å². The molecule has 1 aliphatic rings. The Kier molecular flexibility index (Phi) is 5.22. The maximum absolute atomic E-state index is 10.7. The van der Waals surface area contributed by atoms with E-state index in [1.54, 1.807) is 0 Å². The molecule has 0 radical (unpaired) electrons. The molecule has 1 rings (SSSR count). The fourth-order valence-corrected chi connectivity index (χ4v) is 2.30. The van der Waals surface area contributed by atoms with E-state index in [0.717, 1.165) is 25.7 Å². The van der Waals surface area contributed by atoms with Crippen molar-refractivity contribution in [3.8, 4) is 0 Å². The van der Waals surface area contributed by atoms with Crippen LogP contribution in [0.5, 0.6) is 0 Å². The average molecular weight is 228 g/mol. The van der Waals surface area contributed by atoms with Crippen LogP contribution in [0.1, 0.15) is 51.9 Å². The third kappa shape index (κ3) is 4.94. The molecule has 1 amide bonds. The number of nitrogens with two attached hydrogens (primary N) is 1. The molecule has 0 aliphatic heterocycles. The lowest BCUT2D eigenvalue weighted by Gasteiger charge is -2.28. The predicted molar refractivity (Wildman–Crippen MR) is 63.9 cm³/mol. The van der Waals surface area contributed by atoms with E-state index in [4.69, 9.17) is 5.73 Å². The van der Waals surface area contributed by atoms with Crippen molar-refractivity contribution in [2.75, 3.05) is 6.54 Å². The Bertz CT molecular complexity index is 223. The van der Waals surface area contributed by atoms with Crippen LogP contribution >= 0.6 is 0 Å². The molecule has 1 fully saturated rings. The second-order valence-corrected chi connectivity index (χ2v) is 5.09. The number of aliphatic hydroxyl groups is 1. The minimum absolute atomic E-state index is 0.0461. The standard InChI is InChI=1S/C12H24N2O2/c1-10(8-11(13)15)14-9-12(16)6-4-2-3-5-7-12/h10,14,16H,2-9H2,1H3,(H2,13,15). The lowest BCUT2D eigenvalue weighted by Crippen LogP contribution is -2.44. The van der Waals surface area contributed by atoms with Gasteiger partial charge in [-0.05, 0) is 19.8 Å². The van der Waals surface area contributed by atoms with Crippen LogP contribution in [0.2, 0.25) is 0 Å². The number of hydrogen-bond acceptors (Lipinski definition) is 3. The van der Waals surface area contributed by atoms with Crippen LogP contribution in [-0.2, 0) is 4.79 Å². The van der Waals surface area contributed by atoms with E-state index in [2.05, 4.69) is 5.32 Å². The van der Waals surface area contributed by atoms with Crippen LogP contribution < -0.4 is 11.1 Å². The van der Waals surface area contributed by atoms with E-state index in [1.807, 2.05) is 6.92 Å². The number of amides is 1. The van der Waals surface area contributed by atoms with E-state index >= 15 is 0 Å². The van der Waals surface area contributed by atoms with Crippen molar-refractivity contribution in [3.63, 3.8) is 0 Å². The molecule has 1 saturated carbocycles. The van der Waals surface area contributed by atoms with Gasteiger partial charge in [-0.2, -0.15) is 0 Å². The summed E-state index contributed by atoms with van der Waals surface area (Å²) in [6, 6.07) is 0.0461. The lowest BCUT2D eigenvalue weighted by molar-refractivity contribution is -0.118. The molecule has 1 unspecified atom stereocenters. The van der Waals surface area contributed by atoms with Crippen LogP contribution in [-0.4, -0.2) is 29.2 Å². The quantitative estimate of drug-likeness (QED) is 0.613. The normalized spacial score (nSPS) is 22.4. The zero-order valence-corrected chi connectivity index (χ0v) is 10.2. The predicted octanol–water partition coefficient (Wildman–Crippen LogP) is 0.925. The first-order valence-corrected chi connectivity index (χ1v) is 6.26. The highest BCUT2D eigenvalue weighted by atomic mass is 16.3. The Labute approximate surface area is 97.6 Å². The fourth-order valence-electron chi connectivity index (χ4n) is 2.30. The summed E-state index contributed by atoms with van der Waals surface area (Å²) < 4.78 is 0. The Morgan fingerprint density at radius 3 is 2.44 bits per heavy atom. The molecule has 0 aromatic rings. The maximum atomic E-state index is 10.7. The molecule has 94 valence electrons. The summed E-state index contributed by atoms with van der Waals surface area (Å²) in [5.41, 5.74) is 4.54. The minimum atomic E-state index is -0.581. The molecule has 4 N–H and O–H groups in total. The summed E-state index contributed by atoms with van der Waals surface area (Å²) in [6.45, 7) is 2.49. The van der Waals surface area contributed by atoms with Gasteiger partial charge in [0.15, 0.2) is 0 Å². The monoisotopic (exact) mass is 228 g/mol. The Morgan fingerprint density at radius 1 is 1.38 bits per heavy atom.